The van der Waals surface area contributed by atoms with Crippen LogP contribution in [0.4, 0.5) is 8.78 Å². The average molecular weight is 321 g/mol. The summed E-state index contributed by atoms with van der Waals surface area (Å²) < 4.78 is 46.6. The second-order valence-electron chi connectivity index (χ2n) is 2.59. The predicted molar refractivity (Wildman–Crippen MR) is 54.9 cm³/mol. The van der Waals surface area contributed by atoms with Gasteiger partial charge in [-0.15, -0.1) is 0 Å². The number of rotatable bonds is 3. The molecule has 0 fully saturated rings. The fraction of sp³-hybridized carbons (Fsp3) is 0.286. The van der Waals surface area contributed by atoms with Crippen LogP contribution in [-0.2, 0) is 14.4 Å². The van der Waals surface area contributed by atoms with Crippen LogP contribution in [0.25, 0.3) is 0 Å². The number of hydrogen-bond donors (Lipinski definition) is 0. The molecule has 1 heterocycles. The van der Waals surface area contributed by atoms with E-state index in [0.29, 0.717) is 0 Å². The van der Waals surface area contributed by atoms with Gasteiger partial charge in [-0.1, -0.05) is 15.9 Å². The molecule has 0 bridgehead atoms. The highest BCUT2D eigenvalue weighted by atomic mass is 79.9. The summed E-state index contributed by atoms with van der Waals surface area (Å²) >= 11 is 3.00. The molecule has 1 aromatic rings. The Balaban J connectivity index is 3.36. The largest absolute Gasteiger partial charge is 0.280 e. The van der Waals surface area contributed by atoms with E-state index in [-0.39, 0.29) is 15.9 Å². The van der Waals surface area contributed by atoms with Crippen LogP contribution in [0.1, 0.15) is 17.8 Å². The van der Waals surface area contributed by atoms with Crippen LogP contribution >= 0.6 is 26.6 Å². The van der Waals surface area contributed by atoms with Crippen molar-refractivity contribution in [2.45, 2.75) is 16.7 Å². The van der Waals surface area contributed by atoms with Crippen molar-refractivity contribution in [3.05, 3.63) is 23.5 Å². The summed E-state index contributed by atoms with van der Waals surface area (Å²) in [4.78, 5) is 3.17. The van der Waals surface area contributed by atoms with E-state index in [9.17, 15) is 17.2 Å². The summed E-state index contributed by atoms with van der Waals surface area (Å²) in [6.45, 7) is 0. The third-order valence-corrected chi connectivity index (χ3v) is 3.42. The third kappa shape index (κ3) is 3.35. The Bertz CT molecular complexity index is 466. The molecule has 15 heavy (non-hydrogen) atoms. The van der Waals surface area contributed by atoms with E-state index in [1.807, 2.05) is 0 Å². The van der Waals surface area contributed by atoms with Crippen molar-refractivity contribution in [2.75, 3.05) is 0 Å². The molecule has 0 radical (unpaired) electrons. The van der Waals surface area contributed by atoms with Crippen LogP contribution in [0, 0.1) is 0 Å². The Hall–Kier alpha value is -0.270. The fourth-order valence-electron chi connectivity index (χ4n) is 0.903. The molecule has 8 heteroatoms. The highest BCUT2D eigenvalue weighted by molar-refractivity contribution is 9.08. The van der Waals surface area contributed by atoms with Crippen molar-refractivity contribution in [2.24, 2.45) is 0 Å². The molecular formula is C7H5BrClF2NO2S. The highest BCUT2D eigenvalue weighted by Crippen LogP contribution is 2.23. The molecule has 1 rings (SSSR count). The first-order valence-corrected chi connectivity index (χ1v) is 7.07. The molecule has 0 unspecified atom stereocenters. The van der Waals surface area contributed by atoms with Crippen molar-refractivity contribution in [3.8, 4) is 0 Å². The molecule has 0 atom stereocenters. The lowest BCUT2D eigenvalue weighted by Gasteiger charge is -2.04. The number of hydrogen-bond acceptors (Lipinski definition) is 3. The molecule has 0 saturated carbocycles. The Morgan fingerprint density at radius 2 is 2.07 bits per heavy atom. The molecule has 0 amide bonds. The topological polar surface area (TPSA) is 47.0 Å². The Morgan fingerprint density at radius 1 is 1.47 bits per heavy atom. The maximum absolute atomic E-state index is 12.3. The van der Waals surface area contributed by atoms with Gasteiger partial charge in [0.15, 0.2) is 0 Å². The Morgan fingerprint density at radius 3 is 2.47 bits per heavy atom. The quantitative estimate of drug-likeness (QED) is 0.635. The molecule has 1 aromatic heterocycles. The molecule has 0 aliphatic carbocycles. The zero-order chi connectivity index (χ0) is 11.6. The minimum absolute atomic E-state index is 0.174. The standard InChI is InChI=1S/C7H5BrClF2NO2S/c8-3-4-1-5(15(9,13)14)2-6(12-4)7(10)11/h1-2,7H,3H2. The lowest BCUT2D eigenvalue weighted by atomic mass is 10.3. The normalized spacial score (nSPS) is 12.1. The van der Waals surface area contributed by atoms with Crippen LogP contribution in [0.15, 0.2) is 17.0 Å². The molecule has 3 nitrogen and oxygen atoms in total. The summed E-state index contributed by atoms with van der Waals surface area (Å²) in [5, 5.41) is 0.174. The number of pyridine rings is 1. The SMILES string of the molecule is O=S(=O)(Cl)c1cc(CBr)nc(C(F)F)c1. The van der Waals surface area contributed by atoms with Crippen LogP contribution < -0.4 is 0 Å². The van der Waals surface area contributed by atoms with Gasteiger partial charge in [-0.2, -0.15) is 0 Å². The maximum atomic E-state index is 12.3. The van der Waals surface area contributed by atoms with E-state index < -0.39 is 21.2 Å². The van der Waals surface area contributed by atoms with Gasteiger partial charge in [-0.05, 0) is 12.1 Å². The molecule has 0 aromatic carbocycles. The second-order valence-corrected chi connectivity index (χ2v) is 5.72. The van der Waals surface area contributed by atoms with E-state index >= 15 is 0 Å². The van der Waals surface area contributed by atoms with Gasteiger partial charge in [0.25, 0.3) is 15.5 Å². The van der Waals surface area contributed by atoms with Crippen molar-refractivity contribution >= 4 is 35.7 Å². The molecule has 84 valence electrons. The van der Waals surface area contributed by atoms with Crippen molar-refractivity contribution in [1.29, 1.82) is 0 Å². The minimum atomic E-state index is -4.01. The lowest BCUT2D eigenvalue weighted by molar-refractivity contribution is 0.145. The summed E-state index contributed by atoms with van der Waals surface area (Å²) in [6.07, 6.45) is -2.83. The highest BCUT2D eigenvalue weighted by Gasteiger charge is 2.17. The molecule has 0 spiro atoms. The number of nitrogens with zero attached hydrogens (tertiary/aromatic N) is 1. The average Bonchev–Trinajstić information content (AvgIpc) is 2.15. The third-order valence-electron chi connectivity index (χ3n) is 1.51. The maximum Gasteiger partial charge on any atom is 0.280 e. The van der Waals surface area contributed by atoms with E-state index in [1.165, 1.54) is 0 Å². The molecule has 0 aliphatic heterocycles. The Kier molecular flexibility index (Phi) is 4.02. The van der Waals surface area contributed by atoms with Crippen molar-refractivity contribution in [3.63, 3.8) is 0 Å². The number of halogens is 4. The zero-order valence-electron chi connectivity index (χ0n) is 7.12. The van der Waals surface area contributed by atoms with Crippen LogP contribution in [-0.4, -0.2) is 13.4 Å². The first kappa shape index (κ1) is 12.8. The fourth-order valence-corrected chi connectivity index (χ4v) is 2.00. The Labute approximate surface area is 98.0 Å². The molecule has 0 N–H and O–H groups in total. The summed E-state index contributed by atoms with van der Waals surface area (Å²) in [5.74, 6) is 0. The van der Waals surface area contributed by atoms with Gasteiger partial charge in [-0.3, -0.25) is 4.98 Å². The summed E-state index contributed by atoms with van der Waals surface area (Å²) in [5.41, 5.74) is -0.418. The summed E-state index contributed by atoms with van der Waals surface area (Å²) in [6, 6.07) is 1.90. The van der Waals surface area contributed by atoms with Gasteiger partial charge >= 0.3 is 0 Å². The zero-order valence-corrected chi connectivity index (χ0v) is 10.3. The molecular weight excluding hydrogens is 316 g/mol. The number of aromatic nitrogens is 1. The second kappa shape index (κ2) is 4.71. The molecule has 0 saturated heterocycles. The van der Waals surface area contributed by atoms with E-state index in [0.717, 1.165) is 12.1 Å². The van der Waals surface area contributed by atoms with Gasteiger partial charge in [0.1, 0.15) is 5.69 Å². The first-order chi connectivity index (χ1) is 6.84. The lowest BCUT2D eigenvalue weighted by Crippen LogP contribution is -2.00. The van der Waals surface area contributed by atoms with Gasteiger partial charge < -0.3 is 0 Å². The van der Waals surface area contributed by atoms with Crippen LogP contribution in [0.2, 0.25) is 0 Å². The van der Waals surface area contributed by atoms with E-state index in [1.54, 1.807) is 0 Å². The smallest absolute Gasteiger partial charge is 0.251 e. The van der Waals surface area contributed by atoms with Crippen LogP contribution in [0.3, 0.4) is 0 Å². The summed E-state index contributed by atoms with van der Waals surface area (Å²) in [7, 11) is 1.04. The van der Waals surface area contributed by atoms with Gasteiger partial charge in [0.05, 0.1) is 10.6 Å². The van der Waals surface area contributed by atoms with Crippen molar-refractivity contribution in [1.82, 2.24) is 4.98 Å². The minimum Gasteiger partial charge on any atom is -0.251 e. The first-order valence-electron chi connectivity index (χ1n) is 3.64. The van der Waals surface area contributed by atoms with E-state index in [2.05, 4.69) is 20.9 Å². The van der Waals surface area contributed by atoms with Crippen LogP contribution in [0.5, 0.6) is 0 Å². The van der Waals surface area contributed by atoms with Crippen molar-refractivity contribution < 1.29 is 17.2 Å². The van der Waals surface area contributed by atoms with Gasteiger partial charge in [-0.25, -0.2) is 17.2 Å². The number of alkyl halides is 3. The molecule has 0 aliphatic rings. The van der Waals surface area contributed by atoms with Gasteiger partial charge in [0, 0.05) is 16.0 Å². The van der Waals surface area contributed by atoms with Gasteiger partial charge in [0.2, 0.25) is 0 Å². The van der Waals surface area contributed by atoms with E-state index in [4.69, 9.17) is 10.7 Å². The monoisotopic (exact) mass is 319 g/mol. The predicted octanol–water partition coefficient (Wildman–Crippen LogP) is 2.84.